The van der Waals surface area contributed by atoms with Crippen molar-refractivity contribution >= 4 is 28.4 Å². The topological polar surface area (TPSA) is 112 Å². The number of para-hydroxylation sites is 1. The fourth-order valence-corrected chi connectivity index (χ4v) is 5.12. The third-order valence-electron chi connectivity index (χ3n) is 7.46. The molecule has 6 rings (SSSR count). The summed E-state index contributed by atoms with van der Waals surface area (Å²) < 4.78 is 1.76. The summed E-state index contributed by atoms with van der Waals surface area (Å²) in [5.41, 5.74) is 5.09. The summed E-state index contributed by atoms with van der Waals surface area (Å²) in [6.07, 6.45) is 3.24. The maximum atomic E-state index is 11.0. The van der Waals surface area contributed by atoms with Crippen molar-refractivity contribution in [1.82, 2.24) is 29.9 Å². The number of nitrogens with one attached hydrogen (secondary N) is 3. The van der Waals surface area contributed by atoms with Gasteiger partial charge in [-0.1, -0.05) is 62.4 Å². The second-order valence-electron chi connectivity index (χ2n) is 10.6. The Hall–Kier alpha value is -4.08. The minimum Gasteiger partial charge on any atom is -0.388 e. The molecule has 1 fully saturated rings. The Morgan fingerprint density at radius 3 is 2.59 bits per heavy atom. The average Bonchev–Trinajstić information content (AvgIpc) is 3.40. The maximum absolute atomic E-state index is 11.0. The summed E-state index contributed by atoms with van der Waals surface area (Å²) in [6, 6.07) is 20.6. The van der Waals surface area contributed by atoms with Gasteiger partial charge in [0.1, 0.15) is 0 Å². The second kappa shape index (κ2) is 10.6. The van der Waals surface area contributed by atoms with Crippen molar-refractivity contribution in [2.45, 2.75) is 44.8 Å². The molecule has 0 unspecified atom stereocenters. The molecular weight excluding hydrogens is 488 g/mol. The zero-order valence-corrected chi connectivity index (χ0v) is 22.4. The van der Waals surface area contributed by atoms with Gasteiger partial charge in [0.25, 0.3) is 0 Å². The zero-order valence-electron chi connectivity index (χ0n) is 22.4. The minimum absolute atomic E-state index is 0.256. The molecule has 0 radical (unpaired) electrons. The van der Waals surface area contributed by atoms with Crippen molar-refractivity contribution in [1.29, 1.82) is 0 Å². The molecule has 0 atom stereocenters. The van der Waals surface area contributed by atoms with E-state index in [4.69, 9.17) is 15.0 Å². The molecule has 9 nitrogen and oxygen atoms in total. The molecule has 5 aromatic rings. The first-order valence-electron chi connectivity index (χ1n) is 13.6. The molecule has 4 heterocycles. The molecule has 9 heteroatoms. The molecule has 200 valence electrons. The Kier molecular flexibility index (Phi) is 6.85. The van der Waals surface area contributed by atoms with E-state index in [0.29, 0.717) is 37.8 Å². The largest absolute Gasteiger partial charge is 0.388 e. The van der Waals surface area contributed by atoms with Crippen LogP contribution in [0.25, 0.3) is 27.8 Å². The lowest BCUT2D eigenvalue weighted by Gasteiger charge is -2.32. The first-order chi connectivity index (χ1) is 19.0. The minimum atomic E-state index is -0.777. The molecule has 39 heavy (non-hydrogen) atoms. The summed E-state index contributed by atoms with van der Waals surface area (Å²) in [5.74, 6) is 1.32. The highest BCUT2D eigenvalue weighted by molar-refractivity contribution is 5.82. The standard InChI is InChI=1S/C30H34N8O/c1-20(2)24-18-34-38-27(24)36-28(33-19-30(39)13-15-31-16-14-30)37-29(38)32-17-22-8-3-5-9-23(22)26-12-11-21-7-4-6-10-25(21)35-26/h3-12,18,20,31,39H,13-17,19H2,1-2H3,(H2,32,33,36,37). The average molecular weight is 523 g/mol. The number of aromatic nitrogens is 5. The van der Waals surface area contributed by atoms with Gasteiger partial charge in [0, 0.05) is 29.6 Å². The van der Waals surface area contributed by atoms with Crippen molar-refractivity contribution in [3.05, 3.63) is 78.0 Å². The van der Waals surface area contributed by atoms with Crippen LogP contribution >= 0.6 is 0 Å². The van der Waals surface area contributed by atoms with E-state index in [1.807, 2.05) is 36.5 Å². The van der Waals surface area contributed by atoms with E-state index in [0.717, 1.165) is 52.0 Å². The smallest absolute Gasteiger partial charge is 0.229 e. The number of rotatable bonds is 8. The van der Waals surface area contributed by atoms with Gasteiger partial charge in [-0.3, -0.25) is 0 Å². The quantitative estimate of drug-likeness (QED) is 0.234. The highest BCUT2D eigenvalue weighted by Gasteiger charge is 2.29. The Labute approximate surface area is 227 Å². The van der Waals surface area contributed by atoms with E-state index >= 15 is 0 Å². The van der Waals surface area contributed by atoms with E-state index in [2.05, 4.69) is 65.2 Å². The van der Waals surface area contributed by atoms with Gasteiger partial charge in [-0.25, -0.2) is 4.98 Å². The summed E-state index contributed by atoms with van der Waals surface area (Å²) in [4.78, 5) is 14.5. The van der Waals surface area contributed by atoms with E-state index in [1.165, 1.54) is 0 Å². The van der Waals surface area contributed by atoms with Crippen molar-refractivity contribution in [2.75, 3.05) is 30.3 Å². The van der Waals surface area contributed by atoms with Crippen LogP contribution in [0.15, 0.2) is 66.9 Å². The normalized spacial score (nSPS) is 15.2. The fraction of sp³-hybridized carbons (Fsp3) is 0.333. The highest BCUT2D eigenvalue weighted by atomic mass is 16.3. The summed E-state index contributed by atoms with van der Waals surface area (Å²) in [5, 5.41) is 26.8. The van der Waals surface area contributed by atoms with Gasteiger partial charge in [0.15, 0.2) is 5.65 Å². The number of benzene rings is 2. The Morgan fingerprint density at radius 2 is 1.74 bits per heavy atom. The van der Waals surface area contributed by atoms with Crippen molar-refractivity contribution in [3.8, 4) is 11.3 Å². The van der Waals surface area contributed by atoms with E-state index in [9.17, 15) is 5.11 Å². The van der Waals surface area contributed by atoms with Gasteiger partial charge in [0.05, 0.1) is 23.0 Å². The van der Waals surface area contributed by atoms with Crippen LogP contribution in [0.1, 0.15) is 43.7 Å². The van der Waals surface area contributed by atoms with E-state index < -0.39 is 5.60 Å². The lowest BCUT2D eigenvalue weighted by Crippen LogP contribution is -2.46. The molecule has 0 saturated carbocycles. The van der Waals surface area contributed by atoms with Crippen LogP contribution < -0.4 is 16.0 Å². The Balaban J connectivity index is 1.30. The van der Waals surface area contributed by atoms with Crippen LogP contribution in [0.5, 0.6) is 0 Å². The molecule has 1 aliphatic rings. The van der Waals surface area contributed by atoms with Crippen LogP contribution in [0.4, 0.5) is 11.9 Å². The van der Waals surface area contributed by atoms with Gasteiger partial charge in [0.2, 0.25) is 11.9 Å². The zero-order chi connectivity index (χ0) is 26.8. The second-order valence-corrected chi connectivity index (χ2v) is 10.6. The maximum Gasteiger partial charge on any atom is 0.229 e. The summed E-state index contributed by atoms with van der Waals surface area (Å²) in [6.45, 7) is 6.79. The van der Waals surface area contributed by atoms with Crippen LogP contribution in [-0.2, 0) is 6.54 Å². The van der Waals surface area contributed by atoms with E-state index in [1.54, 1.807) is 4.52 Å². The van der Waals surface area contributed by atoms with Crippen LogP contribution in [-0.4, -0.2) is 54.9 Å². The molecule has 1 saturated heterocycles. The molecule has 4 N–H and O–H groups in total. The van der Waals surface area contributed by atoms with Crippen molar-refractivity contribution in [3.63, 3.8) is 0 Å². The molecule has 1 aliphatic heterocycles. The molecule has 2 aromatic carbocycles. The SMILES string of the molecule is CC(C)c1cnn2c(NCc3ccccc3-c3ccc4ccccc4n3)nc(NCC3(O)CCNCC3)nc12. The van der Waals surface area contributed by atoms with Gasteiger partial charge < -0.3 is 21.1 Å². The molecule has 0 aliphatic carbocycles. The monoisotopic (exact) mass is 522 g/mol. The molecule has 0 spiro atoms. The van der Waals surface area contributed by atoms with Gasteiger partial charge in [-0.2, -0.15) is 19.6 Å². The van der Waals surface area contributed by atoms with Crippen molar-refractivity contribution in [2.24, 2.45) is 0 Å². The lowest BCUT2D eigenvalue weighted by molar-refractivity contribution is 0.0230. The number of hydrogen-bond acceptors (Lipinski definition) is 8. The predicted octanol–water partition coefficient (Wildman–Crippen LogP) is 4.60. The number of nitrogens with zero attached hydrogens (tertiary/aromatic N) is 5. The molecule has 3 aromatic heterocycles. The van der Waals surface area contributed by atoms with Crippen LogP contribution in [0, 0.1) is 0 Å². The van der Waals surface area contributed by atoms with Gasteiger partial charge in [-0.05, 0) is 49.5 Å². The van der Waals surface area contributed by atoms with Crippen molar-refractivity contribution < 1.29 is 5.11 Å². The summed E-state index contributed by atoms with van der Waals surface area (Å²) in [7, 11) is 0. The highest BCUT2D eigenvalue weighted by Crippen LogP contribution is 2.27. The summed E-state index contributed by atoms with van der Waals surface area (Å²) >= 11 is 0. The van der Waals surface area contributed by atoms with Crippen LogP contribution in [0.3, 0.4) is 0 Å². The Bertz CT molecular complexity index is 1610. The molecule has 0 amide bonds. The number of hydrogen-bond donors (Lipinski definition) is 4. The van der Waals surface area contributed by atoms with E-state index in [-0.39, 0.29) is 5.92 Å². The fourth-order valence-electron chi connectivity index (χ4n) is 5.12. The van der Waals surface area contributed by atoms with Gasteiger partial charge in [-0.15, -0.1) is 0 Å². The predicted molar refractivity (Wildman–Crippen MR) is 155 cm³/mol. The number of piperidine rings is 1. The number of fused-ring (bicyclic) bond motifs is 2. The first-order valence-corrected chi connectivity index (χ1v) is 13.6. The third kappa shape index (κ3) is 5.28. The lowest BCUT2D eigenvalue weighted by atomic mass is 9.92. The van der Waals surface area contributed by atoms with Gasteiger partial charge >= 0.3 is 0 Å². The molecular formula is C30H34N8O. The Morgan fingerprint density at radius 1 is 0.949 bits per heavy atom. The number of pyridine rings is 1. The number of aliphatic hydroxyl groups is 1. The first kappa shape index (κ1) is 25.2. The number of anilines is 2. The molecule has 0 bridgehead atoms. The van der Waals surface area contributed by atoms with Crippen LogP contribution in [0.2, 0.25) is 0 Å². The third-order valence-corrected chi connectivity index (χ3v) is 7.46.